The highest BCUT2D eigenvalue weighted by molar-refractivity contribution is 5.90. The minimum Gasteiger partial charge on any atom is -0.494 e. The van der Waals surface area contributed by atoms with Gasteiger partial charge in [0.2, 0.25) is 5.91 Å². The van der Waals surface area contributed by atoms with Crippen LogP contribution in [0.4, 0.5) is 10.1 Å². The summed E-state index contributed by atoms with van der Waals surface area (Å²) < 4.78 is 18.2. The van der Waals surface area contributed by atoms with Crippen LogP contribution in [0.5, 0.6) is 5.75 Å². The van der Waals surface area contributed by atoms with Crippen molar-refractivity contribution in [1.29, 1.82) is 0 Å². The number of amides is 1. The van der Waals surface area contributed by atoms with Gasteiger partial charge in [-0.3, -0.25) is 4.79 Å². The van der Waals surface area contributed by atoms with Gasteiger partial charge < -0.3 is 15.8 Å². The molecule has 1 rings (SSSR count). The maximum atomic E-state index is 13.4. The van der Waals surface area contributed by atoms with E-state index in [1.165, 1.54) is 19.2 Å². The molecule has 0 saturated heterocycles. The largest absolute Gasteiger partial charge is 0.494 e. The molecular weight excluding hydrogens is 235 g/mol. The molecule has 0 unspecified atom stereocenters. The Morgan fingerprint density at radius 2 is 2.17 bits per heavy atom. The minimum atomic E-state index is -0.505. The van der Waals surface area contributed by atoms with Gasteiger partial charge in [-0.15, -0.1) is 0 Å². The molecule has 0 atom stereocenters. The van der Waals surface area contributed by atoms with Crippen LogP contribution in [0.25, 0.3) is 0 Å². The molecule has 0 fully saturated rings. The van der Waals surface area contributed by atoms with Gasteiger partial charge in [0.15, 0.2) is 11.6 Å². The van der Waals surface area contributed by atoms with Gasteiger partial charge in [0.25, 0.3) is 0 Å². The van der Waals surface area contributed by atoms with Crippen LogP contribution in [0.1, 0.15) is 26.7 Å². The van der Waals surface area contributed by atoms with Gasteiger partial charge in [-0.1, -0.05) is 0 Å². The Morgan fingerprint density at radius 3 is 2.67 bits per heavy atom. The number of benzene rings is 1. The molecule has 0 aliphatic heterocycles. The molecule has 0 spiro atoms. The summed E-state index contributed by atoms with van der Waals surface area (Å²) in [5, 5.41) is 2.62. The number of methoxy groups -OCH3 is 1. The van der Waals surface area contributed by atoms with Crippen LogP contribution in [0, 0.1) is 5.82 Å². The second-order valence-corrected chi connectivity index (χ2v) is 4.89. The van der Waals surface area contributed by atoms with Gasteiger partial charge >= 0.3 is 0 Å². The van der Waals surface area contributed by atoms with Gasteiger partial charge in [0, 0.05) is 23.7 Å². The van der Waals surface area contributed by atoms with E-state index in [9.17, 15) is 9.18 Å². The van der Waals surface area contributed by atoms with Crippen LogP contribution in [0.15, 0.2) is 18.2 Å². The molecule has 1 amide bonds. The normalized spacial score (nSPS) is 11.2. The van der Waals surface area contributed by atoms with Crippen molar-refractivity contribution >= 4 is 11.6 Å². The number of anilines is 1. The van der Waals surface area contributed by atoms with Crippen LogP contribution in [0.2, 0.25) is 0 Å². The number of halogens is 1. The molecule has 0 aromatic heterocycles. The van der Waals surface area contributed by atoms with Crippen molar-refractivity contribution in [1.82, 2.24) is 0 Å². The van der Waals surface area contributed by atoms with Crippen molar-refractivity contribution in [3.05, 3.63) is 24.0 Å². The van der Waals surface area contributed by atoms with Crippen LogP contribution >= 0.6 is 0 Å². The first-order valence-corrected chi connectivity index (χ1v) is 5.74. The summed E-state index contributed by atoms with van der Waals surface area (Å²) in [4.78, 5) is 11.6. The van der Waals surface area contributed by atoms with E-state index < -0.39 is 5.82 Å². The second kappa shape index (κ2) is 5.82. The molecule has 18 heavy (non-hydrogen) atoms. The summed E-state index contributed by atoms with van der Waals surface area (Å²) in [6.07, 6.45) is 0.870. The number of carbonyl (C=O) groups is 1. The van der Waals surface area contributed by atoms with E-state index >= 15 is 0 Å². The summed E-state index contributed by atoms with van der Waals surface area (Å²) in [7, 11) is 1.39. The van der Waals surface area contributed by atoms with Crippen LogP contribution < -0.4 is 15.8 Å². The van der Waals surface area contributed by atoms with Gasteiger partial charge in [-0.2, -0.15) is 0 Å². The van der Waals surface area contributed by atoms with Gasteiger partial charge in [0.05, 0.1) is 7.11 Å². The van der Waals surface area contributed by atoms with Crippen molar-refractivity contribution in [3.8, 4) is 5.75 Å². The second-order valence-electron chi connectivity index (χ2n) is 4.89. The highest BCUT2D eigenvalue weighted by Crippen LogP contribution is 2.21. The standard InChI is InChI=1S/C13H19FN2O2/c1-13(2,15)7-6-12(17)16-9-4-5-11(18-3)10(14)8-9/h4-5,8H,6-7,15H2,1-3H3,(H,16,17). The maximum absolute atomic E-state index is 13.4. The quantitative estimate of drug-likeness (QED) is 0.847. The van der Waals surface area contributed by atoms with Gasteiger partial charge in [0.1, 0.15) is 0 Å². The average molecular weight is 254 g/mol. The Labute approximate surface area is 106 Å². The Hall–Kier alpha value is -1.62. The predicted octanol–water partition coefficient (Wildman–Crippen LogP) is 2.29. The van der Waals surface area contributed by atoms with Crippen molar-refractivity contribution < 1.29 is 13.9 Å². The van der Waals surface area contributed by atoms with E-state index in [0.717, 1.165) is 0 Å². The first-order valence-electron chi connectivity index (χ1n) is 5.74. The third-order valence-corrected chi connectivity index (χ3v) is 2.43. The van der Waals surface area contributed by atoms with Crippen molar-refractivity contribution in [2.45, 2.75) is 32.2 Å². The minimum absolute atomic E-state index is 0.149. The molecule has 0 aliphatic carbocycles. The first kappa shape index (κ1) is 14.4. The molecule has 1 aromatic carbocycles. The van der Waals surface area contributed by atoms with E-state index in [-0.39, 0.29) is 17.2 Å². The highest BCUT2D eigenvalue weighted by atomic mass is 19.1. The number of carbonyl (C=O) groups excluding carboxylic acids is 1. The van der Waals surface area contributed by atoms with Crippen molar-refractivity contribution in [2.75, 3.05) is 12.4 Å². The Bertz CT molecular complexity index is 427. The molecule has 0 bridgehead atoms. The van der Waals surface area contributed by atoms with Crippen molar-refractivity contribution in [3.63, 3.8) is 0 Å². The fraction of sp³-hybridized carbons (Fsp3) is 0.462. The van der Waals surface area contributed by atoms with Crippen LogP contribution in [-0.2, 0) is 4.79 Å². The molecule has 100 valence electrons. The predicted molar refractivity (Wildman–Crippen MR) is 69.1 cm³/mol. The molecule has 4 nitrogen and oxygen atoms in total. The third kappa shape index (κ3) is 4.71. The zero-order valence-electron chi connectivity index (χ0n) is 10.9. The number of hydrogen-bond donors (Lipinski definition) is 2. The number of ether oxygens (including phenoxy) is 1. The Morgan fingerprint density at radius 1 is 1.50 bits per heavy atom. The Kier molecular flexibility index (Phi) is 4.67. The molecule has 1 aromatic rings. The lowest BCUT2D eigenvalue weighted by atomic mass is 10.00. The zero-order chi connectivity index (χ0) is 13.8. The lowest BCUT2D eigenvalue weighted by Crippen LogP contribution is -2.33. The van der Waals surface area contributed by atoms with E-state index in [4.69, 9.17) is 10.5 Å². The number of nitrogens with two attached hydrogens (primary N) is 1. The molecular formula is C13H19FN2O2. The highest BCUT2D eigenvalue weighted by Gasteiger charge is 2.13. The zero-order valence-corrected chi connectivity index (χ0v) is 10.9. The summed E-state index contributed by atoms with van der Waals surface area (Å²) in [6.45, 7) is 3.71. The van der Waals surface area contributed by atoms with E-state index in [1.54, 1.807) is 6.07 Å². The summed E-state index contributed by atoms with van der Waals surface area (Å²) >= 11 is 0. The van der Waals surface area contributed by atoms with Crippen molar-refractivity contribution in [2.24, 2.45) is 5.73 Å². The monoisotopic (exact) mass is 254 g/mol. The van der Waals surface area contributed by atoms with E-state index in [2.05, 4.69) is 5.32 Å². The first-order chi connectivity index (χ1) is 8.31. The topological polar surface area (TPSA) is 64.3 Å². The fourth-order valence-electron chi connectivity index (χ4n) is 1.40. The smallest absolute Gasteiger partial charge is 0.224 e. The lowest BCUT2D eigenvalue weighted by molar-refractivity contribution is -0.116. The van der Waals surface area contributed by atoms with Crippen LogP contribution in [0.3, 0.4) is 0 Å². The summed E-state index contributed by atoms with van der Waals surface area (Å²) in [6, 6.07) is 4.29. The molecule has 0 saturated carbocycles. The molecule has 0 heterocycles. The SMILES string of the molecule is COc1ccc(NC(=O)CCC(C)(C)N)cc1F. The average Bonchev–Trinajstić information content (AvgIpc) is 2.26. The number of hydrogen-bond acceptors (Lipinski definition) is 3. The van der Waals surface area contributed by atoms with E-state index in [0.29, 0.717) is 18.5 Å². The van der Waals surface area contributed by atoms with E-state index in [1.807, 2.05) is 13.8 Å². The fourth-order valence-corrected chi connectivity index (χ4v) is 1.40. The lowest BCUT2D eigenvalue weighted by Gasteiger charge is -2.17. The molecule has 5 heteroatoms. The summed E-state index contributed by atoms with van der Waals surface area (Å²) in [5.41, 5.74) is 5.81. The third-order valence-electron chi connectivity index (χ3n) is 2.43. The molecule has 3 N–H and O–H groups in total. The molecule has 0 aliphatic rings. The number of rotatable bonds is 5. The van der Waals surface area contributed by atoms with Gasteiger partial charge in [-0.25, -0.2) is 4.39 Å². The summed E-state index contributed by atoms with van der Waals surface area (Å²) in [5.74, 6) is -0.538. The molecule has 0 radical (unpaired) electrons. The maximum Gasteiger partial charge on any atom is 0.224 e. The Balaban J connectivity index is 2.57. The number of nitrogens with one attached hydrogen (secondary N) is 1. The van der Waals surface area contributed by atoms with Crippen LogP contribution in [-0.4, -0.2) is 18.6 Å². The van der Waals surface area contributed by atoms with Gasteiger partial charge in [-0.05, 0) is 32.4 Å².